The van der Waals surface area contributed by atoms with E-state index in [-0.39, 0.29) is 12.8 Å². The summed E-state index contributed by atoms with van der Waals surface area (Å²) in [6, 6.07) is 1.89. The Bertz CT molecular complexity index is 439. The number of piperidine rings is 1. The number of aromatic nitrogens is 1. The lowest BCUT2D eigenvalue weighted by Crippen LogP contribution is -2.40. The Kier molecular flexibility index (Phi) is 3.59. The standard InChI is InChI=1S/C13H16F2N2O/c1-10-8-11(2-7-18)9-16-12(10)17-5-3-13(14,15)4-6-17/h7-9H,2-6H2,1H3. The van der Waals surface area contributed by atoms with Crippen molar-refractivity contribution in [2.45, 2.75) is 32.1 Å². The highest BCUT2D eigenvalue weighted by Gasteiger charge is 2.34. The lowest BCUT2D eigenvalue weighted by molar-refractivity contribution is -0.107. The third-order valence-electron chi connectivity index (χ3n) is 3.22. The van der Waals surface area contributed by atoms with Gasteiger partial charge in [0.1, 0.15) is 12.1 Å². The number of carbonyl (C=O) groups excluding carboxylic acids is 1. The van der Waals surface area contributed by atoms with Crippen LogP contribution >= 0.6 is 0 Å². The predicted octanol–water partition coefficient (Wildman–Crippen LogP) is 2.37. The zero-order valence-corrected chi connectivity index (χ0v) is 10.3. The molecule has 1 aromatic rings. The minimum absolute atomic E-state index is 0.121. The number of aryl methyl sites for hydroxylation is 1. The summed E-state index contributed by atoms with van der Waals surface area (Å²) in [5.74, 6) is -1.79. The van der Waals surface area contributed by atoms with Crippen LogP contribution in [0.1, 0.15) is 24.0 Å². The van der Waals surface area contributed by atoms with Crippen molar-refractivity contribution in [2.75, 3.05) is 18.0 Å². The molecule has 1 fully saturated rings. The van der Waals surface area contributed by atoms with Gasteiger partial charge >= 0.3 is 0 Å². The van der Waals surface area contributed by atoms with Crippen LogP contribution in [0.2, 0.25) is 0 Å². The van der Waals surface area contributed by atoms with Gasteiger partial charge in [-0.2, -0.15) is 0 Å². The number of halogens is 2. The first-order chi connectivity index (χ1) is 8.52. The van der Waals surface area contributed by atoms with Gasteiger partial charge in [0.25, 0.3) is 5.92 Å². The van der Waals surface area contributed by atoms with E-state index in [9.17, 15) is 13.6 Å². The van der Waals surface area contributed by atoms with Gasteiger partial charge < -0.3 is 9.69 Å². The van der Waals surface area contributed by atoms with Crippen LogP contribution in [0.3, 0.4) is 0 Å². The molecular formula is C13H16F2N2O. The third kappa shape index (κ3) is 2.83. The molecule has 1 saturated heterocycles. The van der Waals surface area contributed by atoms with Gasteiger partial charge in [-0.25, -0.2) is 13.8 Å². The molecule has 1 aromatic heterocycles. The largest absolute Gasteiger partial charge is 0.356 e. The van der Waals surface area contributed by atoms with E-state index in [1.54, 1.807) is 6.20 Å². The van der Waals surface area contributed by atoms with Crippen molar-refractivity contribution in [3.8, 4) is 0 Å². The molecule has 98 valence electrons. The fraction of sp³-hybridized carbons (Fsp3) is 0.538. The summed E-state index contributed by atoms with van der Waals surface area (Å²) in [7, 11) is 0. The SMILES string of the molecule is Cc1cc(CC=O)cnc1N1CCC(F)(F)CC1. The number of nitrogens with zero attached hydrogens (tertiary/aromatic N) is 2. The fourth-order valence-electron chi connectivity index (χ4n) is 2.21. The Labute approximate surface area is 105 Å². The molecule has 0 radical (unpaired) electrons. The zero-order chi connectivity index (χ0) is 13.2. The second-order valence-electron chi connectivity index (χ2n) is 4.70. The van der Waals surface area contributed by atoms with Crippen molar-refractivity contribution in [3.63, 3.8) is 0 Å². The van der Waals surface area contributed by atoms with Crippen molar-refractivity contribution >= 4 is 12.1 Å². The van der Waals surface area contributed by atoms with Gasteiger partial charge in [-0.3, -0.25) is 0 Å². The zero-order valence-electron chi connectivity index (χ0n) is 10.3. The van der Waals surface area contributed by atoms with Crippen molar-refractivity contribution < 1.29 is 13.6 Å². The maximum Gasteiger partial charge on any atom is 0.251 e. The number of carbonyl (C=O) groups is 1. The molecule has 0 N–H and O–H groups in total. The number of hydrogen-bond donors (Lipinski definition) is 0. The molecule has 2 rings (SSSR count). The average molecular weight is 254 g/mol. The van der Waals surface area contributed by atoms with Crippen LogP contribution in [0.15, 0.2) is 12.3 Å². The van der Waals surface area contributed by atoms with E-state index in [0.717, 1.165) is 23.2 Å². The normalized spacial score (nSPS) is 18.7. The molecule has 2 heterocycles. The minimum atomic E-state index is -2.54. The lowest BCUT2D eigenvalue weighted by Gasteiger charge is -2.33. The molecular weight excluding hydrogens is 238 g/mol. The van der Waals surface area contributed by atoms with Crippen molar-refractivity contribution in [3.05, 3.63) is 23.4 Å². The number of alkyl halides is 2. The Morgan fingerprint density at radius 2 is 2.11 bits per heavy atom. The monoisotopic (exact) mass is 254 g/mol. The molecule has 0 aliphatic carbocycles. The quantitative estimate of drug-likeness (QED) is 0.776. The maximum absolute atomic E-state index is 13.1. The van der Waals surface area contributed by atoms with E-state index in [0.29, 0.717) is 19.5 Å². The van der Waals surface area contributed by atoms with Crippen LogP contribution in [0.4, 0.5) is 14.6 Å². The lowest BCUT2D eigenvalue weighted by atomic mass is 10.1. The van der Waals surface area contributed by atoms with Gasteiger partial charge in [0.15, 0.2) is 0 Å². The Morgan fingerprint density at radius 3 is 2.67 bits per heavy atom. The summed E-state index contributed by atoms with van der Waals surface area (Å²) in [5, 5.41) is 0. The van der Waals surface area contributed by atoms with Crippen LogP contribution in [-0.2, 0) is 11.2 Å². The highest BCUT2D eigenvalue weighted by Crippen LogP contribution is 2.30. The summed E-state index contributed by atoms with van der Waals surface area (Å²) >= 11 is 0. The van der Waals surface area contributed by atoms with E-state index in [1.807, 2.05) is 17.9 Å². The first kappa shape index (κ1) is 12.9. The second kappa shape index (κ2) is 5.00. The highest BCUT2D eigenvalue weighted by molar-refractivity contribution is 5.56. The molecule has 0 saturated carbocycles. The van der Waals surface area contributed by atoms with Crippen LogP contribution in [0, 0.1) is 6.92 Å². The van der Waals surface area contributed by atoms with Gasteiger partial charge in [-0.15, -0.1) is 0 Å². The second-order valence-corrected chi connectivity index (χ2v) is 4.70. The predicted molar refractivity (Wildman–Crippen MR) is 65.1 cm³/mol. The Morgan fingerprint density at radius 1 is 1.44 bits per heavy atom. The maximum atomic E-state index is 13.1. The minimum Gasteiger partial charge on any atom is -0.356 e. The van der Waals surface area contributed by atoms with E-state index < -0.39 is 5.92 Å². The molecule has 5 heteroatoms. The summed E-state index contributed by atoms with van der Waals surface area (Å²) < 4.78 is 26.1. The first-order valence-corrected chi connectivity index (χ1v) is 6.04. The van der Waals surface area contributed by atoms with Gasteiger partial charge in [0.05, 0.1) is 0 Å². The third-order valence-corrected chi connectivity index (χ3v) is 3.22. The average Bonchev–Trinajstić information content (AvgIpc) is 2.31. The van der Waals surface area contributed by atoms with Gasteiger partial charge in [0.2, 0.25) is 0 Å². The summed E-state index contributed by atoms with van der Waals surface area (Å²) in [6.07, 6.45) is 2.57. The Hall–Kier alpha value is -1.52. The van der Waals surface area contributed by atoms with Crippen LogP contribution in [-0.4, -0.2) is 30.3 Å². The van der Waals surface area contributed by atoms with Gasteiger partial charge in [-0.05, 0) is 18.1 Å². The summed E-state index contributed by atoms with van der Waals surface area (Å²) in [6.45, 7) is 2.55. The molecule has 0 amide bonds. The van der Waals surface area contributed by atoms with Crippen molar-refractivity contribution in [1.82, 2.24) is 4.98 Å². The summed E-state index contributed by atoms with van der Waals surface area (Å²) in [4.78, 5) is 16.6. The number of rotatable bonds is 3. The smallest absolute Gasteiger partial charge is 0.251 e. The molecule has 1 aliphatic rings. The topological polar surface area (TPSA) is 33.2 Å². The van der Waals surface area contributed by atoms with Gasteiger partial charge in [0, 0.05) is 38.5 Å². The van der Waals surface area contributed by atoms with Crippen LogP contribution in [0.5, 0.6) is 0 Å². The molecule has 0 unspecified atom stereocenters. The van der Waals surface area contributed by atoms with E-state index >= 15 is 0 Å². The fourth-order valence-corrected chi connectivity index (χ4v) is 2.21. The molecule has 0 atom stereocenters. The number of pyridine rings is 1. The van der Waals surface area contributed by atoms with E-state index in [2.05, 4.69) is 4.98 Å². The molecule has 18 heavy (non-hydrogen) atoms. The van der Waals surface area contributed by atoms with Crippen LogP contribution < -0.4 is 4.90 Å². The van der Waals surface area contributed by atoms with Crippen molar-refractivity contribution in [2.24, 2.45) is 0 Å². The van der Waals surface area contributed by atoms with Gasteiger partial charge in [-0.1, -0.05) is 6.07 Å². The Balaban J connectivity index is 2.12. The summed E-state index contributed by atoms with van der Waals surface area (Å²) in [5.41, 5.74) is 1.79. The van der Waals surface area contributed by atoms with Crippen molar-refractivity contribution in [1.29, 1.82) is 0 Å². The first-order valence-electron chi connectivity index (χ1n) is 6.04. The molecule has 0 aromatic carbocycles. The number of hydrogen-bond acceptors (Lipinski definition) is 3. The van der Waals surface area contributed by atoms with E-state index in [4.69, 9.17) is 0 Å². The molecule has 0 spiro atoms. The van der Waals surface area contributed by atoms with Crippen LogP contribution in [0.25, 0.3) is 0 Å². The highest BCUT2D eigenvalue weighted by atomic mass is 19.3. The van der Waals surface area contributed by atoms with E-state index in [1.165, 1.54) is 0 Å². The number of aldehydes is 1. The molecule has 3 nitrogen and oxygen atoms in total. The molecule has 1 aliphatic heterocycles. The molecule has 0 bridgehead atoms. The number of anilines is 1.